The highest BCUT2D eigenvalue weighted by Gasteiger charge is 2.24. The highest BCUT2D eigenvalue weighted by atomic mass is 35.5. The number of hydrazone groups is 1. The topological polar surface area (TPSA) is 81.4 Å². The lowest BCUT2D eigenvalue weighted by Crippen LogP contribution is -2.22. The summed E-state index contributed by atoms with van der Waals surface area (Å²) in [4.78, 5) is 12.5. The maximum atomic E-state index is 12.5. The number of nitrogens with one attached hydrogen (secondary N) is 1. The number of ether oxygens (including phenoxy) is 1. The summed E-state index contributed by atoms with van der Waals surface area (Å²) in [5.41, 5.74) is 5.25. The van der Waals surface area contributed by atoms with Crippen LogP contribution in [-0.4, -0.2) is 39.2 Å². The van der Waals surface area contributed by atoms with Crippen LogP contribution in [0.5, 0.6) is 5.75 Å². The summed E-state index contributed by atoms with van der Waals surface area (Å²) in [5, 5.41) is 14.6. The van der Waals surface area contributed by atoms with Gasteiger partial charge in [0.25, 0.3) is 5.91 Å². The van der Waals surface area contributed by atoms with Gasteiger partial charge in [-0.25, -0.2) is 5.43 Å². The van der Waals surface area contributed by atoms with Crippen molar-refractivity contribution in [2.75, 3.05) is 12.9 Å². The van der Waals surface area contributed by atoms with E-state index >= 15 is 0 Å². The smallest absolute Gasteiger partial charge is 0.250 e. The lowest BCUT2D eigenvalue weighted by Gasteiger charge is -2.25. The Morgan fingerprint density at radius 1 is 1.12 bits per heavy atom. The molecule has 2 aromatic carbocycles. The molecule has 1 aliphatic carbocycles. The quantitative estimate of drug-likeness (QED) is 0.243. The molecular formula is C25H28ClN5O2S. The average Bonchev–Trinajstić information content (AvgIpc) is 3.31. The third-order valence-corrected chi connectivity index (χ3v) is 7.09. The van der Waals surface area contributed by atoms with Crippen molar-refractivity contribution in [1.29, 1.82) is 0 Å². The molecule has 1 aliphatic rings. The van der Waals surface area contributed by atoms with Gasteiger partial charge in [-0.1, -0.05) is 42.6 Å². The fraction of sp³-hybridized carbons (Fsp3) is 0.360. The molecule has 0 spiro atoms. The molecule has 4 rings (SSSR count). The van der Waals surface area contributed by atoms with Gasteiger partial charge in [-0.15, -0.1) is 10.2 Å². The van der Waals surface area contributed by atoms with Crippen LogP contribution in [0.15, 0.2) is 58.8 Å². The van der Waals surface area contributed by atoms with E-state index < -0.39 is 0 Å². The Kier molecular flexibility index (Phi) is 8.24. The summed E-state index contributed by atoms with van der Waals surface area (Å²) in [6.45, 7) is 1.85. The second kappa shape index (κ2) is 11.5. The normalized spacial score (nSPS) is 14.7. The summed E-state index contributed by atoms with van der Waals surface area (Å²) in [6, 6.07) is 15.5. The molecule has 7 nitrogen and oxygen atoms in total. The van der Waals surface area contributed by atoms with Crippen molar-refractivity contribution >= 4 is 35.0 Å². The zero-order valence-corrected chi connectivity index (χ0v) is 20.9. The molecule has 1 heterocycles. The molecule has 0 bridgehead atoms. The second-order valence-corrected chi connectivity index (χ2v) is 9.60. The zero-order chi connectivity index (χ0) is 23.9. The van der Waals surface area contributed by atoms with Gasteiger partial charge in [0.15, 0.2) is 11.0 Å². The number of thioether (sulfide) groups is 1. The molecule has 34 heavy (non-hydrogen) atoms. The van der Waals surface area contributed by atoms with Crippen LogP contribution in [0.4, 0.5) is 0 Å². The summed E-state index contributed by atoms with van der Waals surface area (Å²) < 4.78 is 7.38. The Labute approximate surface area is 208 Å². The predicted molar refractivity (Wildman–Crippen MR) is 137 cm³/mol. The van der Waals surface area contributed by atoms with Gasteiger partial charge in [-0.05, 0) is 73.9 Å². The van der Waals surface area contributed by atoms with Gasteiger partial charge in [0.2, 0.25) is 0 Å². The average molecular weight is 498 g/mol. The van der Waals surface area contributed by atoms with E-state index in [1.54, 1.807) is 7.11 Å². The minimum atomic E-state index is -0.191. The first-order valence-corrected chi connectivity index (χ1v) is 12.7. The fourth-order valence-corrected chi connectivity index (χ4v) is 4.97. The van der Waals surface area contributed by atoms with E-state index in [1.165, 1.54) is 31.0 Å². The number of carbonyl (C=O) groups is 1. The van der Waals surface area contributed by atoms with Crippen molar-refractivity contribution in [3.05, 3.63) is 59.1 Å². The second-order valence-electron chi connectivity index (χ2n) is 8.22. The maximum absolute atomic E-state index is 12.5. The summed E-state index contributed by atoms with van der Waals surface area (Å²) >= 11 is 7.46. The van der Waals surface area contributed by atoms with Gasteiger partial charge < -0.3 is 4.74 Å². The third-order valence-electron chi connectivity index (χ3n) is 5.90. The lowest BCUT2D eigenvalue weighted by molar-refractivity contribution is -0.118. The summed E-state index contributed by atoms with van der Waals surface area (Å²) in [5.74, 6) is 1.60. The van der Waals surface area contributed by atoms with Gasteiger partial charge >= 0.3 is 0 Å². The predicted octanol–water partition coefficient (Wildman–Crippen LogP) is 5.74. The zero-order valence-electron chi connectivity index (χ0n) is 19.3. The molecule has 9 heteroatoms. The van der Waals surface area contributed by atoms with Crippen LogP contribution in [0.2, 0.25) is 5.02 Å². The Balaban J connectivity index is 1.45. The van der Waals surface area contributed by atoms with E-state index in [1.807, 2.05) is 55.5 Å². The Morgan fingerprint density at radius 2 is 1.82 bits per heavy atom. The van der Waals surface area contributed by atoms with Crippen molar-refractivity contribution in [3.8, 4) is 17.1 Å². The first kappa shape index (κ1) is 24.3. The molecule has 1 fully saturated rings. The number of hydrogen-bond donors (Lipinski definition) is 1. The van der Waals surface area contributed by atoms with E-state index in [0.717, 1.165) is 46.4 Å². The highest BCUT2D eigenvalue weighted by molar-refractivity contribution is 7.99. The number of amides is 1. The Hall–Kier alpha value is -2.84. The first-order chi connectivity index (χ1) is 16.5. The maximum Gasteiger partial charge on any atom is 0.250 e. The third kappa shape index (κ3) is 5.98. The number of aromatic nitrogens is 3. The van der Waals surface area contributed by atoms with E-state index in [4.69, 9.17) is 16.3 Å². The number of nitrogens with zero attached hydrogens (tertiary/aromatic N) is 4. The molecule has 0 radical (unpaired) electrons. The van der Waals surface area contributed by atoms with Gasteiger partial charge in [-0.3, -0.25) is 9.36 Å². The standard InChI is InChI=1S/C25H28ClN5O2S/c1-17(18-10-14-22(33-2)15-11-18)27-28-23(32)16-34-25-30-29-24(19-8-12-20(26)13-9-19)31(25)21-6-4-3-5-7-21/h8-15,21H,3-7,16H2,1-2H3,(H,28,32)/b27-17-. The van der Waals surface area contributed by atoms with E-state index in [-0.39, 0.29) is 11.7 Å². The Morgan fingerprint density at radius 3 is 2.50 bits per heavy atom. The molecule has 1 aromatic heterocycles. The van der Waals surface area contributed by atoms with Crippen LogP contribution in [0.3, 0.4) is 0 Å². The van der Waals surface area contributed by atoms with Crippen LogP contribution in [0.25, 0.3) is 11.4 Å². The molecule has 1 N–H and O–H groups in total. The number of benzene rings is 2. The van der Waals surface area contributed by atoms with Crippen molar-refractivity contribution in [1.82, 2.24) is 20.2 Å². The van der Waals surface area contributed by atoms with Gasteiger partial charge in [0.1, 0.15) is 5.75 Å². The number of carbonyl (C=O) groups excluding carboxylic acids is 1. The van der Waals surface area contributed by atoms with Crippen LogP contribution in [0.1, 0.15) is 50.6 Å². The van der Waals surface area contributed by atoms with Crippen molar-refractivity contribution in [3.63, 3.8) is 0 Å². The largest absolute Gasteiger partial charge is 0.497 e. The molecule has 3 aromatic rings. The molecule has 0 aliphatic heterocycles. The Bertz CT molecular complexity index is 1140. The molecule has 1 amide bonds. The summed E-state index contributed by atoms with van der Waals surface area (Å²) in [7, 11) is 1.63. The SMILES string of the molecule is COc1ccc(/C(C)=N\NC(=O)CSc2nnc(-c3ccc(Cl)cc3)n2C2CCCCC2)cc1. The van der Waals surface area contributed by atoms with E-state index in [2.05, 4.69) is 25.3 Å². The molecule has 0 atom stereocenters. The van der Waals surface area contributed by atoms with Gasteiger partial charge in [0, 0.05) is 16.6 Å². The number of halogens is 1. The van der Waals surface area contributed by atoms with Gasteiger partial charge in [0.05, 0.1) is 18.6 Å². The minimum absolute atomic E-state index is 0.191. The van der Waals surface area contributed by atoms with Crippen LogP contribution in [0, 0.1) is 0 Å². The lowest BCUT2D eigenvalue weighted by atomic mass is 9.95. The summed E-state index contributed by atoms with van der Waals surface area (Å²) in [6.07, 6.45) is 5.80. The van der Waals surface area contributed by atoms with Gasteiger partial charge in [-0.2, -0.15) is 5.10 Å². The molecule has 178 valence electrons. The number of methoxy groups -OCH3 is 1. The molecule has 0 saturated heterocycles. The number of hydrogen-bond acceptors (Lipinski definition) is 6. The highest BCUT2D eigenvalue weighted by Crippen LogP contribution is 2.35. The van der Waals surface area contributed by atoms with E-state index in [9.17, 15) is 4.79 Å². The molecular weight excluding hydrogens is 470 g/mol. The van der Waals surface area contributed by atoms with Crippen LogP contribution >= 0.6 is 23.4 Å². The van der Waals surface area contributed by atoms with Crippen molar-refractivity contribution < 1.29 is 9.53 Å². The first-order valence-electron chi connectivity index (χ1n) is 11.4. The number of rotatable bonds is 8. The van der Waals surface area contributed by atoms with E-state index in [0.29, 0.717) is 11.1 Å². The van der Waals surface area contributed by atoms with Crippen LogP contribution < -0.4 is 10.2 Å². The fourth-order valence-electron chi connectivity index (χ4n) is 4.04. The minimum Gasteiger partial charge on any atom is -0.497 e. The molecule has 1 saturated carbocycles. The van der Waals surface area contributed by atoms with Crippen molar-refractivity contribution in [2.45, 2.75) is 50.2 Å². The molecule has 0 unspecified atom stereocenters. The van der Waals surface area contributed by atoms with Crippen LogP contribution in [-0.2, 0) is 4.79 Å². The van der Waals surface area contributed by atoms with Crippen molar-refractivity contribution in [2.24, 2.45) is 5.10 Å². The monoisotopic (exact) mass is 497 g/mol.